The van der Waals surface area contributed by atoms with Crippen molar-refractivity contribution in [2.75, 3.05) is 12.6 Å². The van der Waals surface area contributed by atoms with E-state index in [1.165, 1.54) is 0 Å². The van der Waals surface area contributed by atoms with Crippen molar-refractivity contribution in [2.45, 2.75) is 19.4 Å². The molecule has 0 bridgehead atoms. The third-order valence-corrected chi connectivity index (χ3v) is 3.03. The molecule has 0 radical (unpaired) electrons. The van der Waals surface area contributed by atoms with Crippen LogP contribution in [0.1, 0.15) is 6.92 Å². The number of amides is 1. The number of hydrogen-bond donors (Lipinski definition) is 2. The van der Waals surface area contributed by atoms with Crippen LogP contribution in [0, 0.1) is 0 Å². The van der Waals surface area contributed by atoms with Gasteiger partial charge in [0.15, 0.2) is 0 Å². The Morgan fingerprint density at radius 3 is 2.30 bits per heavy atom. The van der Waals surface area contributed by atoms with E-state index < -0.39 is 58.7 Å². The highest BCUT2D eigenvalue weighted by atomic mass is 32.2. The Hall–Kier alpha value is -1.65. The Morgan fingerprint density at radius 2 is 1.95 bits per heavy atom. The summed E-state index contributed by atoms with van der Waals surface area (Å²) in [6, 6.07) is -1.75. The lowest BCUT2D eigenvalue weighted by Gasteiger charge is -2.13. The zero-order valence-electron chi connectivity index (χ0n) is 10.1. The minimum atomic E-state index is -3.56. The van der Waals surface area contributed by atoms with Gasteiger partial charge in [0.2, 0.25) is 23.7 Å². The molecule has 116 valence electrons. The van der Waals surface area contributed by atoms with Crippen molar-refractivity contribution in [3.8, 4) is 0 Å². The van der Waals surface area contributed by atoms with E-state index in [1.54, 1.807) is 0 Å². The maximum absolute atomic E-state index is 13.4. The van der Waals surface area contributed by atoms with E-state index in [9.17, 15) is 31.4 Å². The number of nitrogens with one attached hydrogen (secondary N) is 1. The molecule has 0 rings (SSSR count). The summed E-state index contributed by atoms with van der Waals surface area (Å²) < 4.78 is 64.8. The molecule has 0 heterocycles. The molecule has 11 heteroatoms. The summed E-state index contributed by atoms with van der Waals surface area (Å²) in [5.74, 6) is -5.20. The first-order valence-corrected chi connectivity index (χ1v) is 6.27. The van der Waals surface area contributed by atoms with Gasteiger partial charge in [0.05, 0.1) is 16.6 Å². The smallest absolute Gasteiger partial charge is 0.327 e. The SMILES string of the molecule is CC(=O)N[C@@H](CS(=O)/C(F)=C(/OCF)C(F)F)C(=O)O. The molecule has 20 heavy (non-hydrogen) atoms. The lowest BCUT2D eigenvalue weighted by Crippen LogP contribution is -2.43. The molecule has 0 saturated carbocycles. The first kappa shape index (κ1) is 18.4. The number of carboxylic acids is 1. The van der Waals surface area contributed by atoms with Crippen molar-refractivity contribution >= 4 is 22.7 Å². The van der Waals surface area contributed by atoms with Gasteiger partial charge in [-0.15, -0.1) is 0 Å². The van der Waals surface area contributed by atoms with Gasteiger partial charge in [-0.1, -0.05) is 0 Å². The van der Waals surface area contributed by atoms with Crippen LogP contribution in [-0.4, -0.2) is 46.3 Å². The fourth-order valence-electron chi connectivity index (χ4n) is 1.02. The highest BCUT2D eigenvalue weighted by Crippen LogP contribution is 2.20. The maximum Gasteiger partial charge on any atom is 0.327 e. The van der Waals surface area contributed by atoms with E-state index in [2.05, 4.69) is 4.74 Å². The Morgan fingerprint density at radius 1 is 1.40 bits per heavy atom. The number of rotatable bonds is 8. The summed E-state index contributed by atoms with van der Waals surface area (Å²) in [4.78, 5) is 21.4. The van der Waals surface area contributed by atoms with Crippen LogP contribution >= 0.6 is 0 Å². The van der Waals surface area contributed by atoms with Crippen LogP contribution in [0.25, 0.3) is 0 Å². The molecule has 2 N–H and O–H groups in total. The van der Waals surface area contributed by atoms with Crippen molar-refractivity contribution in [3.63, 3.8) is 0 Å². The number of carbonyl (C=O) groups excluding carboxylic acids is 1. The van der Waals surface area contributed by atoms with Crippen LogP contribution < -0.4 is 5.32 Å². The predicted molar refractivity (Wildman–Crippen MR) is 59.4 cm³/mol. The second kappa shape index (κ2) is 8.51. The van der Waals surface area contributed by atoms with Crippen LogP contribution in [0.5, 0.6) is 0 Å². The lowest BCUT2D eigenvalue weighted by molar-refractivity contribution is -0.140. The molecule has 6 nitrogen and oxygen atoms in total. The van der Waals surface area contributed by atoms with Crippen LogP contribution in [0.3, 0.4) is 0 Å². The van der Waals surface area contributed by atoms with Gasteiger partial charge in [-0.05, 0) is 0 Å². The number of allylic oxidation sites excluding steroid dienone is 1. The summed E-state index contributed by atoms with van der Waals surface area (Å²) in [6.45, 7) is -0.805. The lowest BCUT2D eigenvalue weighted by atomic mass is 10.3. The average Bonchev–Trinajstić information content (AvgIpc) is 2.33. The fraction of sp³-hybridized carbons (Fsp3) is 0.556. The van der Waals surface area contributed by atoms with Crippen LogP contribution in [-0.2, 0) is 25.1 Å². The van der Waals surface area contributed by atoms with Gasteiger partial charge in [0.25, 0.3) is 6.43 Å². The third kappa shape index (κ3) is 5.99. The molecule has 0 fully saturated rings. The van der Waals surface area contributed by atoms with Crippen molar-refractivity contribution in [1.82, 2.24) is 5.32 Å². The van der Waals surface area contributed by atoms with E-state index in [4.69, 9.17) is 5.11 Å². The molecule has 0 aliphatic rings. The van der Waals surface area contributed by atoms with Crippen molar-refractivity contribution in [1.29, 1.82) is 0 Å². The van der Waals surface area contributed by atoms with Gasteiger partial charge >= 0.3 is 5.97 Å². The summed E-state index contributed by atoms with van der Waals surface area (Å²) in [6.07, 6.45) is -3.56. The zero-order valence-corrected chi connectivity index (χ0v) is 10.9. The molecule has 0 aliphatic carbocycles. The Balaban J connectivity index is 5.07. The fourth-order valence-corrected chi connectivity index (χ4v) is 2.07. The zero-order chi connectivity index (χ0) is 15.9. The minimum absolute atomic E-state index is 0.798. The minimum Gasteiger partial charge on any atom is -0.480 e. The van der Waals surface area contributed by atoms with Gasteiger partial charge < -0.3 is 15.2 Å². The number of hydrogen-bond acceptors (Lipinski definition) is 4. The summed E-state index contributed by atoms with van der Waals surface area (Å²) in [5.41, 5.74) is 0. The maximum atomic E-state index is 13.4. The first-order valence-electron chi connectivity index (χ1n) is 4.95. The van der Waals surface area contributed by atoms with Gasteiger partial charge in [0.1, 0.15) is 6.04 Å². The molecule has 0 spiro atoms. The monoisotopic (exact) mass is 321 g/mol. The molecule has 0 saturated heterocycles. The summed E-state index contributed by atoms with van der Waals surface area (Å²) in [7, 11) is -2.84. The molecular weight excluding hydrogens is 310 g/mol. The normalized spacial score (nSPS) is 15.3. The van der Waals surface area contributed by atoms with E-state index in [1.807, 2.05) is 5.32 Å². The van der Waals surface area contributed by atoms with E-state index >= 15 is 0 Å². The second-order valence-electron chi connectivity index (χ2n) is 3.30. The van der Waals surface area contributed by atoms with Crippen LogP contribution in [0.4, 0.5) is 17.6 Å². The van der Waals surface area contributed by atoms with Gasteiger partial charge in [-0.25, -0.2) is 18.0 Å². The average molecular weight is 321 g/mol. The van der Waals surface area contributed by atoms with E-state index in [-0.39, 0.29) is 0 Å². The molecule has 0 aliphatic heterocycles. The summed E-state index contributed by atoms with van der Waals surface area (Å²) >= 11 is 0. The molecule has 2 atom stereocenters. The highest BCUT2D eigenvalue weighted by molar-refractivity contribution is 7.88. The van der Waals surface area contributed by atoms with E-state index in [0.29, 0.717) is 0 Å². The van der Waals surface area contributed by atoms with Crippen molar-refractivity contribution in [2.24, 2.45) is 0 Å². The van der Waals surface area contributed by atoms with Gasteiger partial charge in [0, 0.05) is 6.92 Å². The standard InChI is InChI=1S/C9H11F4NO5S/c1-4(15)14-5(9(16)17)2-20(18)8(13)6(7(11)12)19-3-10/h5,7H,2-3H2,1H3,(H,14,15)(H,16,17)/b8-6+/t5-,20?/m0/s1. The van der Waals surface area contributed by atoms with Gasteiger partial charge in [-0.2, -0.15) is 4.39 Å². The predicted octanol–water partition coefficient (Wildman–Crippen LogP) is 0.672. The molecule has 0 aromatic heterocycles. The van der Waals surface area contributed by atoms with Crippen molar-refractivity contribution in [3.05, 3.63) is 10.9 Å². The second-order valence-corrected chi connectivity index (χ2v) is 4.68. The quantitative estimate of drug-likeness (QED) is 0.506. The summed E-state index contributed by atoms with van der Waals surface area (Å²) in [5, 5.41) is 8.54. The Labute approximate surface area is 113 Å². The Bertz CT molecular complexity index is 429. The van der Waals surface area contributed by atoms with E-state index in [0.717, 1.165) is 6.92 Å². The number of halogens is 4. The molecular formula is C9H11F4NO5S. The molecule has 1 amide bonds. The molecule has 0 aromatic rings. The van der Waals surface area contributed by atoms with Crippen LogP contribution in [0.2, 0.25) is 0 Å². The highest BCUT2D eigenvalue weighted by Gasteiger charge is 2.28. The van der Waals surface area contributed by atoms with Crippen molar-refractivity contribution < 1.29 is 41.2 Å². The van der Waals surface area contributed by atoms with Gasteiger partial charge in [-0.3, -0.25) is 9.00 Å². The number of carboxylic acid groups (broad SMARTS) is 1. The third-order valence-electron chi connectivity index (χ3n) is 1.80. The topological polar surface area (TPSA) is 92.7 Å². The molecule has 1 unspecified atom stereocenters. The largest absolute Gasteiger partial charge is 0.480 e. The molecule has 0 aromatic carbocycles. The number of alkyl halides is 3. The Kier molecular flexibility index (Phi) is 7.80. The van der Waals surface area contributed by atoms with Crippen LogP contribution in [0.15, 0.2) is 10.9 Å². The number of aliphatic carboxylic acids is 1. The first-order chi connectivity index (χ1) is 9.20. The number of carbonyl (C=O) groups is 2. The number of ether oxygens (including phenoxy) is 1.